The van der Waals surface area contributed by atoms with Crippen molar-refractivity contribution in [3.8, 4) is 11.8 Å². The van der Waals surface area contributed by atoms with Crippen molar-refractivity contribution in [2.75, 3.05) is 13.2 Å². The number of nitrogens with zero attached hydrogens (tertiary/aromatic N) is 1. The van der Waals surface area contributed by atoms with Gasteiger partial charge in [0.25, 0.3) is 0 Å². The number of ether oxygens (including phenoxy) is 2. The van der Waals surface area contributed by atoms with Crippen LogP contribution in [0.25, 0.3) is 6.08 Å². The monoisotopic (exact) mass is 285 g/mol. The minimum atomic E-state index is -0.585. The van der Waals surface area contributed by atoms with Gasteiger partial charge in [-0.2, -0.15) is 5.26 Å². The van der Waals surface area contributed by atoms with E-state index in [-0.39, 0.29) is 5.57 Å². The maximum Gasteiger partial charge on any atom is 0.348 e. The van der Waals surface area contributed by atoms with Crippen LogP contribution in [0.15, 0.2) is 42.5 Å². The third-order valence-corrected chi connectivity index (χ3v) is 2.63. The zero-order valence-corrected chi connectivity index (χ0v) is 12.2. The van der Waals surface area contributed by atoms with E-state index in [0.29, 0.717) is 19.0 Å². The van der Waals surface area contributed by atoms with Gasteiger partial charge in [0.2, 0.25) is 0 Å². The van der Waals surface area contributed by atoms with Crippen molar-refractivity contribution in [3.05, 3.63) is 48.1 Å². The van der Waals surface area contributed by atoms with Crippen LogP contribution in [0.5, 0.6) is 5.75 Å². The molecule has 4 nitrogen and oxygen atoms in total. The lowest BCUT2D eigenvalue weighted by Gasteiger charge is -2.04. The van der Waals surface area contributed by atoms with Crippen molar-refractivity contribution in [1.82, 2.24) is 0 Å². The van der Waals surface area contributed by atoms with Crippen LogP contribution in [-0.2, 0) is 9.53 Å². The van der Waals surface area contributed by atoms with Crippen molar-refractivity contribution in [2.45, 2.75) is 19.8 Å². The Labute approximate surface area is 125 Å². The third-order valence-electron chi connectivity index (χ3n) is 2.63. The molecule has 0 aliphatic carbocycles. The number of hydrogen-bond acceptors (Lipinski definition) is 4. The molecular formula is C17H19NO3. The number of nitriles is 1. The smallest absolute Gasteiger partial charge is 0.348 e. The molecule has 0 radical (unpaired) electrons. The van der Waals surface area contributed by atoms with Gasteiger partial charge in [0.1, 0.15) is 24.0 Å². The first-order valence-electron chi connectivity index (χ1n) is 6.84. The van der Waals surface area contributed by atoms with Crippen molar-refractivity contribution >= 4 is 12.0 Å². The molecule has 0 fully saturated rings. The summed E-state index contributed by atoms with van der Waals surface area (Å²) in [6.45, 7) is 6.35. The summed E-state index contributed by atoms with van der Waals surface area (Å²) in [7, 11) is 0. The summed E-state index contributed by atoms with van der Waals surface area (Å²) in [5.41, 5.74) is 0.732. The molecule has 0 saturated carbocycles. The van der Waals surface area contributed by atoms with Gasteiger partial charge in [-0.1, -0.05) is 38.1 Å². The Morgan fingerprint density at radius 1 is 1.38 bits per heavy atom. The molecule has 0 bridgehead atoms. The molecule has 0 spiro atoms. The van der Waals surface area contributed by atoms with Crippen LogP contribution in [0.2, 0.25) is 0 Å². The Bertz CT molecular complexity index is 538. The average molecular weight is 285 g/mol. The lowest BCUT2D eigenvalue weighted by Crippen LogP contribution is -2.07. The molecule has 0 aliphatic rings. The lowest BCUT2D eigenvalue weighted by molar-refractivity contribution is -0.138. The summed E-state index contributed by atoms with van der Waals surface area (Å²) in [4.78, 5) is 11.7. The van der Waals surface area contributed by atoms with E-state index < -0.39 is 5.97 Å². The lowest BCUT2D eigenvalue weighted by atomic mass is 10.1. The zero-order valence-electron chi connectivity index (χ0n) is 12.2. The number of carbonyl (C=O) groups is 1. The highest BCUT2D eigenvalue weighted by molar-refractivity contribution is 5.97. The van der Waals surface area contributed by atoms with Crippen molar-refractivity contribution in [2.24, 2.45) is 0 Å². The van der Waals surface area contributed by atoms with Crippen LogP contribution in [0, 0.1) is 11.3 Å². The number of hydrogen-bond donors (Lipinski definition) is 0. The summed E-state index contributed by atoms with van der Waals surface area (Å²) in [6, 6.07) is 8.96. The second kappa shape index (κ2) is 9.38. The Morgan fingerprint density at radius 3 is 2.67 bits per heavy atom. The minimum Gasteiger partial charge on any atom is -0.490 e. The number of rotatable bonds is 8. The van der Waals surface area contributed by atoms with Gasteiger partial charge in [-0.25, -0.2) is 4.79 Å². The molecule has 0 aromatic heterocycles. The SMILES string of the molecule is C=CCOc1ccc(C=C(C#N)C(=O)OCCCC)cc1. The first-order valence-corrected chi connectivity index (χ1v) is 6.84. The highest BCUT2D eigenvalue weighted by Gasteiger charge is 2.10. The van der Waals surface area contributed by atoms with Crippen LogP contribution >= 0.6 is 0 Å². The summed E-state index contributed by atoms with van der Waals surface area (Å²) < 4.78 is 10.4. The van der Waals surface area contributed by atoms with Gasteiger partial charge < -0.3 is 9.47 Å². The van der Waals surface area contributed by atoms with Crippen molar-refractivity contribution in [1.29, 1.82) is 5.26 Å². The third kappa shape index (κ3) is 5.96. The van der Waals surface area contributed by atoms with Crippen LogP contribution in [0.3, 0.4) is 0 Å². The van der Waals surface area contributed by atoms with E-state index in [4.69, 9.17) is 14.7 Å². The predicted molar refractivity (Wildman–Crippen MR) is 81.6 cm³/mol. The highest BCUT2D eigenvalue weighted by atomic mass is 16.5. The van der Waals surface area contributed by atoms with E-state index in [1.54, 1.807) is 30.3 Å². The second-order valence-electron chi connectivity index (χ2n) is 4.33. The van der Waals surface area contributed by atoms with Crippen LogP contribution in [-0.4, -0.2) is 19.2 Å². The van der Waals surface area contributed by atoms with Gasteiger partial charge in [-0.3, -0.25) is 0 Å². The normalized spacial score (nSPS) is 10.6. The molecule has 110 valence electrons. The molecule has 0 amide bonds. The van der Waals surface area contributed by atoms with E-state index in [1.807, 2.05) is 13.0 Å². The van der Waals surface area contributed by atoms with Gasteiger partial charge in [0.05, 0.1) is 6.61 Å². The molecule has 0 N–H and O–H groups in total. The molecule has 4 heteroatoms. The Kier molecular flexibility index (Phi) is 7.37. The average Bonchev–Trinajstić information content (AvgIpc) is 2.51. The fourth-order valence-corrected chi connectivity index (χ4v) is 1.51. The molecule has 1 aromatic carbocycles. The van der Waals surface area contributed by atoms with Crippen LogP contribution < -0.4 is 4.74 Å². The van der Waals surface area contributed by atoms with Crippen LogP contribution in [0.4, 0.5) is 0 Å². The van der Waals surface area contributed by atoms with E-state index in [2.05, 4.69) is 6.58 Å². The largest absolute Gasteiger partial charge is 0.490 e. The number of esters is 1. The maximum atomic E-state index is 11.7. The molecule has 0 unspecified atom stereocenters. The first kappa shape index (κ1) is 16.5. The molecule has 1 rings (SSSR count). The Balaban J connectivity index is 2.71. The minimum absolute atomic E-state index is 0.00846. The second-order valence-corrected chi connectivity index (χ2v) is 4.33. The number of benzene rings is 1. The fraction of sp³-hybridized carbons (Fsp3) is 0.294. The highest BCUT2D eigenvalue weighted by Crippen LogP contribution is 2.15. The number of unbranched alkanes of at least 4 members (excludes halogenated alkanes) is 1. The summed E-state index contributed by atoms with van der Waals surface area (Å²) >= 11 is 0. The Morgan fingerprint density at radius 2 is 2.10 bits per heavy atom. The van der Waals surface area contributed by atoms with E-state index >= 15 is 0 Å². The van der Waals surface area contributed by atoms with Gasteiger partial charge >= 0.3 is 5.97 Å². The predicted octanol–water partition coefficient (Wildman–Crippen LogP) is 3.50. The fourth-order valence-electron chi connectivity index (χ4n) is 1.51. The molecule has 21 heavy (non-hydrogen) atoms. The van der Waals surface area contributed by atoms with Gasteiger partial charge in [0.15, 0.2) is 0 Å². The first-order chi connectivity index (χ1) is 10.2. The van der Waals surface area contributed by atoms with E-state index in [9.17, 15) is 4.79 Å². The quantitative estimate of drug-likeness (QED) is 0.241. The molecule has 0 atom stereocenters. The summed E-state index contributed by atoms with van der Waals surface area (Å²) in [6.07, 6.45) is 4.89. The maximum absolute atomic E-state index is 11.7. The molecular weight excluding hydrogens is 266 g/mol. The standard InChI is InChI=1S/C17H19NO3/c1-3-5-11-21-17(19)15(13-18)12-14-6-8-16(9-7-14)20-10-4-2/h4,6-9,12H,2-3,5,10-11H2,1H3. The van der Waals surface area contributed by atoms with Gasteiger partial charge in [-0.15, -0.1) is 0 Å². The van der Waals surface area contributed by atoms with Gasteiger partial charge in [0, 0.05) is 0 Å². The van der Waals surface area contributed by atoms with Crippen molar-refractivity contribution < 1.29 is 14.3 Å². The van der Waals surface area contributed by atoms with Gasteiger partial charge in [-0.05, 0) is 30.2 Å². The van der Waals surface area contributed by atoms with Crippen LogP contribution in [0.1, 0.15) is 25.3 Å². The summed E-state index contributed by atoms with van der Waals surface area (Å²) in [5.74, 6) is 0.119. The molecule has 0 aliphatic heterocycles. The van der Waals surface area contributed by atoms with Crippen molar-refractivity contribution in [3.63, 3.8) is 0 Å². The van der Waals surface area contributed by atoms with E-state index in [1.165, 1.54) is 6.08 Å². The molecule has 0 saturated heterocycles. The topological polar surface area (TPSA) is 59.3 Å². The Hall–Kier alpha value is -2.54. The summed E-state index contributed by atoms with van der Waals surface area (Å²) in [5, 5.41) is 9.03. The number of carbonyl (C=O) groups excluding carboxylic acids is 1. The van der Waals surface area contributed by atoms with E-state index in [0.717, 1.165) is 18.4 Å². The zero-order chi connectivity index (χ0) is 15.5. The molecule has 1 aromatic rings. The molecule has 0 heterocycles.